The minimum atomic E-state index is 1.17. The molecule has 0 spiro atoms. The second-order valence-electron chi connectivity index (χ2n) is 15.7. The predicted molar refractivity (Wildman–Crippen MR) is 215 cm³/mol. The van der Waals surface area contributed by atoms with Gasteiger partial charge in [0, 0.05) is 0 Å². The number of hydrogen-bond donors (Lipinski definition) is 0. The standard InChI is InChI=1S/C46H86N/c1-4-6-8-10-12-14-16-18-20-22-24-26-28-30-32-37-43-47(3,45-39-42-46-40-35-34-36-41-46)44-38-33-31-29-27-25-23-21-19-17-15-13-11-9-7-5-2/h34-36,39-42H,4-33,37-38,43-45H2,1-3H3/q+1. The maximum atomic E-state index is 2.53. The number of benzene rings is 1. The lowest BCUT2D eigenvalue weighted by molar-refractivity contribution is -0.904. The monoisotopic (exact) mass is 653 g/mol. The van der Waals surface area contributed by atoms with Crippen molar-refractivity contribution in [2.24, 2.45) is 0 Å². The smallest absolute Gasteiger partial charge is 0.0974 e. The van der Waals surface area contributed by atoms with Crippen LogP contribution < -0.4 is 0 Å². The zero-order valence-corrected chi connectivity index (χ0v) is 32.7. The van der Waals surface area contributed by atoms with Crippen molar-refractivity contribution in [2.75, 3.05) is 26.7 Å². The minimum absolute atomic E-state index is 1.17. The van der Waals surface area contributed by atoms with Crippen molar-refractivity contribution in [3.05, 3.63) is 42.0 Å². The van der Waals surface area contributed by atoms with Crippen LogP contribution in [0.15, 0.2) is 36.4 Å². The fourth-order valence-electron chi connectivity index (χ4n) is 7.39. The maximum Gasteiger partial charge on any atom is 0.0974 e. The van der Waals surface area contributed by atoms with Gasteiger partial charge in [-0.25, -0.2) is 0 Å². The fraction of sp³-hybridized carbons (Fsp3) is 0.826. The molecule has 0 aliphatic heterocycles. The molecule has 1 aromatic rings. The molecule has 1 nitrogen and oxygen atoms in total. The highest BCUT2D eigenvalue weighted by molar-refractivity contribution is 5.48. The Morgan fingerprint density at radius 2 is 0.660 bits per heavy atom. The van der Waals surface area contributed by atoms with Crippen LogP contribution in [0.2, 0.25) is 0 Å². The van der Waals surface area contributed by atoms with Gasteiger partial charge in [-0.3, -0.25) is 0 Å². The van der Waals surface area contributed by atoms with Crippen molar-refractivity contribution in [3.8, 4) is 0 Å². The van der Waals surface area contributed by atoms with E-state index in [1.54, 1.807) is 0 Å². The van der Waals surface area contributed by atoms with Crippen LogP contribution in [0.3, 0.4) is 0 Å². The zero-order chi connectivity index (χ0) is 33.8. The van der Waals surface area contributed by atoms with Crippen LogP contribution in [-0.4, -0.2) is 31.2 Å². The van der Waals surface area contributed by atoms with E-state index in [1.807, 2.05) is 0 Å². The lowest BCUT2D eigenvalue weighted by Gasteiger charge is -2.34. The quantitative estimate of drug-likeness (QED) is 0.0495. The highest BCUT2D eigenvalue weighted by atomic mass is 15.3. The molecular formula is C46H86N+. The van der Waals surface area contributed by atoms with Gasteiger partial charge in [-0.05, 0) is 37.3 Å². The van der Waals surface area contributed by atoms with Crippen LogP contribution in [-0.2, 0) is 0 Å². The second-order valence-corrected chi connectivity index (χ2v) is 15.7. The molecule has 0 bridgehead atoms. The molecule has 0 fully saturated rings. The molecule has 274 valence electrons. The Morgan fingerprint density at radius 1 is 0.383 bits per heavy atom. The number of unbranched alkanes of at least 4 members (excludes halogenated alkanes) is 30. The molecule has 0 N–H and O–H groups in total. The molecule has 1 rings (SSSR count). The van der Waals surface area contributed by atoms with E-state index < -0.39 is 0 Å². The average Bonchev–Trinajstić information content (AvgIpc) is 3.08. The van der Waals surface area contributed by atoms with Crippen LogP contribution >= 0.6 is 0 Å². The zero-order valence-electron chi connectivity index (χ0n) is 32.7. The van der Waals surface area contributed by atoms with Crippen LogP contribution in [0.4, 0.5) is 0 Å². The third-order valence-electron chi connectivity index (χ3n) is 10.8. The summed E-state index contributed by atoms with van der Waals surface area (Å²) in [5.41, 5.74) is 1.34. The van der Waals surface area contributed by atoms with Gasteiger partial charge >= 0.3 is 0 Å². The molecule has 0 radical (unpaired) electrons. The first kappa shape index (κ1) is 43.9. The number of likely N-dealkylation sites (N-methyl/N-ethyl adjacent to an activating group) is 1. The van der Waals surface area contributed by atoms with E-state index in [2.05, 4.69) is 63.4 Å². The van der Waals surface area contributed by atoms with Crippen molar-refractivity contribution in [1.29, 1.82) is 0 Å². The van der Waals surface area contributed by atoms with Gasteiger partial charge in [0.25, 0.3) is 0 Å². The van der Waals surface area contributed by atoms with E-state index in [0.717, 1.165) is 0 Å². The van der Waals surface area contributed by atoms with Gasteiger partial charge in [-0.2, -0.15) is 0 Å². The van der Waals surface area contributed by atoms with Gasteiger partial charge in [0.15, 0.2) is 0 Å². The molecule has 47 heavy (non-hydrogen) atoms. The van der Waals surface area contributed by atoms with Gasteiger partial charge < -0.3 is 4.48 Å². The van der Waals surface area contributed by atoms with Gasteiger partial charge in [0.2, 0.25) is 0 Å². The Labute approximate surface area is 297 Å². The van der Waals surface area contributed by atoms with Crippen molar-refractivity contribution in [1.82, 2.24) is 0 Å². The van der Waals surface area contributed by atoms with Gasteiger partial charge in [0.05, 0.1) is 26.7 Å². The third kappa shape index (κ3) is 30.7. The molecule has 0 unspecified atom stereocenters. The average molecular weight is 653 g/mol. The van der Waals surface area contributed by atoms with Crippen LogP contribution in [0.1, 0.15) is 225 Å². The predicted octanol–water partition coefficient (Wildman–Crippen LogP) is 15.7. The van der Waals surface area contributed by atoms with E-state index in [1.165, 1.54) is 235 Å². The Morgan fingerprint density at radius 3 is 0.957 bits per heavy atom. The van der Waals surface area contributed by atoms with Crippen molar-refractivity contribution in [3.63, 3.8) is 0 Å². The SMILES string of the molecule is CCCCCCCCCCCCCCCCCC[N+](C)(CC=Cc1ccccc1)CCCCCCCCCCCCCCCCCC. The molecule has 0 aliphatic rings. The topological polar surface area (TPSA) is 0 Å². The maximum absolute atomic E-state index is 2.53. The Hall–Kier alpha value is -1.08. The van der Waals surface area contributed by atoms with E-state index >= 15 is 0 Å². The number of hydrogen-bond acceptors (Lipinski definition) is 0. The third-order valence-corrected chi connectivity index (χ3v) is 10.8. The first-order valence-corrected chi connectivity index (χ1v) is 21.8. The number of quaternary nitrogens is 1. The molecule has 0 saturated carbocycles. The molecule has 1 aromatic carbocycles. The highest BCUT2D eigenvalue weighted by Crippen LogP contribution is 2.18. The first-order chi connectivity index (χ1) is 23.2. The molecule has 1 heteroatoms. The van der Waals surface area contributed by atoms with Crippen LogP contribution in [0.25, 0.3) is 6.08 Å². The second kappa shape index (κ2) is 34.8. The number of nitrogens with zero attached hydrogens (tertiary/aromatic N) is 1. The lowest BCUT2D eigenvalue weighted by Crippen LogP contribution is -2.45. The molecule has 0 atom stereocenters. The highest BCUT2D eigenvalue weighted by Gasteiger charge is 2.19. The summed E-state index contributed by atoms with van der Waals surface area (Å²) in [7, 11) is 2.53. The molecule has 0 amide bonds. The largest absolute Gasteiger partial charge is 0.323 e. The molecule has 0 heterocycles. The summed E-state index contributed by atoms with van der Waals surface area (Å²) < 4.78 is 1.22. The van der Waals surface area contributed by atoms with Gasteiger partial charge in [-0.15, -0.1) is 0 Å². The van der Waals surface area contributed by atoms with Gasteiger partial charge in [-0.1, -0.05) is 230 Å². The van der Waals surface area contributed by atoms with E-state index in [9.17, 15) is 0 Å². The summed E-state index contributed by atoms with van der Waals surface area (Å²) in [5, 5.41) is 0. The molecule has 0 saturated heterocycles. The lowest BCUT2D eigenvalue weighted by atomic mass is 10.0. The van der Waals surface area contributed by atoms with Crippen molar-refractivity contribution < 1.29 is 4.48 Å². The Bertz CT molecular complexity index is 716. The fourth-order valence-corrected chi connectivity index (χ4v) is 7.39. The summed E-state index contributed by atoms with van der Waals surface area (Å²) in [5.74, 6) is 0. The van der Waals surface area contributed by atoms with E-state index in [0.29, 0.717) is 0 Å². The van der Waals surface area contributed by atoms with E-state index in [4.69, 9.17) is 0 Å². The van der Waals surface area contributed by atoms with Crippen molar-refractivity contribution in [2.45, 2.75) is 219 Å². The molecule has 0 aromatic heterocycles. The van der Waals surface area contributed by atoms with Crippen LogP contribution in [0.5, 0.6) is 0 Å². The molecule has 0 aliphatic carbocycles. The summed E-state index contributed by atoms with van der Waals surface area (Å²) in [6, 6.07) is 10.9. The number of rotatable bonds is 37. The summed E-state index contributed by atoms with van der Waals surface area (Å²) in [4.78, 5) is 0. The summed E-state index contributed by atoms with van der Waals surface area (Å²) in [6.45, 7) is 8.48. The summed E-state index contributed by atoms with van der Waals surface area (Å²) >= 11 is 0. The molecular weight excluding hydrogens is 567 g/mol. The van der Waals surface area contributed by atoms with Crippen LogP contribution in [0, 0.1) is 0 Å². The summed E-state index contributed by atoms with van der Waals surface area (Å²) in [6.07, 6.45) is 51.2. The first-order valence-electron chi connectivity index (χ1n) is 21.8. The Balaban J connectivity index is 2.12. The minimum Gasteiger partial charge on any atom is -0.323 e. The van der Waals surface area contributed by atoms with E-state index in [-0.39, 0.29) is 0 Å². The van der Waals surface area contributed by atoms with Crippen molar-refractivity contribution >= 4 is 6.08 Å². The normalized spacial score (nSPS) is 12.1. The van der Waals surface area contributed by atoms with Gasteiger partial charge in [0.1, 0.15) is 0 Å². The Kier molecular flexibility index (Phi) is 32.5.